The van der Waals surface area contributed by atoms with Gasteiger partial charge in [0.25, 0.3) is 0 Å². The number of anilines is 1. The van der Waals surface area contributed by atoms with Gasteiger partial charge in [-0.05, 0) is 140 Å². The molecule has 16 rings (SSSR count). The quantitative estimate of drug-likeness (QED) is 0.188. The van der Waals surface area contributed by atoms with Crippen molar-refractivity contribution in [3.8, 4) is 27.9 Å². The highest BCUT2D eigenvalue weighted by molar-refractivity contribution is 6.28. The predicted octanol–water partition coefficient (Wildman–Crippen LogP) is 16.6. The summed E-state index contributed by atoms with van der Waals surface area (Å²) in [6.07, 6.45) is 15.2. The molecule has 69 heavy (non-hydrogen) atoms. The van der Waals surface area contributed by atoms with Crippen LogP contribution in [0.25, 0.3) is 72.2 Å². The summed E-state index contributed by atoms with van der Waals surface area (Å²) in [6, 6.07) is 57.9. The Hall–Kier alpha value is -7.49. The van der Waals surface area contributed by atoms with Crippen LogP contribution in [0, 0.1) is 11.3 Å². The number of nitrogens with zero attached hydrogens (tertiary/aromatic N) is 2. The van der Waals surface area contributed by atoms with E-state index in [1.54, 1.807) is 11.1 Å². The highest BCUT2D eigenvalue weighted by Crippen LogP contribution is 2.63. The van der Waals surface area contributed by atoms with E-state index in [-0.39, 0.29) is 17.5 Å². The number of nitrogens with one attached hydrogen (secondary N) is 1. The number of benzene rings is 8. The minimum Gasteiger partial charge on any atom is -0.360 e. The molecule has 0 bridgehead atoms. The van der Waals surface area contributed by atoms with Gasteiger partial charge >= 0.3 is 0 Å². The molecule has 6 atom stereocenters. The van der Waals surface area contributed by atoms with Gasteiger partial charge in [0.2, 0.25) is 0 Å². The molecular weight excluding hydrogens is 835 g/mol. The average molecular weight is 886 g/mol. The van der Waals surface area contributed by atoms with E-state index >= 15 is 0 Å². The fraction of sp³-hybridized carbons (Fsp3) is 0.197. The molecule has 6 unspecified atom stereocenters. The lowest BCUT2D eigenvalue weighted by atomic mass is 9.56. The molecule has 1 aromatic heterocycles. The molecule has 330 valence electrons. The number of aliphatic imine (C=N–C) groups is 1. The second-order valence-electron chi connectivity index (χ2n) is 21.4. The van der Waals surface area contributed by atoms with E-state index in [2.05, 4.69) is 200 Å². The minimum atomic E-state index is -0.225. The third-order valence-corrected chi connectivity index (χ3v) is 18.0. The van der Waals surface area contributed by atoms with Gasteiger partial charge in [0.05, 0.1) is 16.7 Å². The largest absolute Gasteiger partial charge is 0.360 e. The first-order chi connectivity index (χ1) is 34.0. The Balaban J connectivity index is 0.874. The van der Waals surface area contributed by atoms with Crippen molar-refractivity contribution in [2.75, 3.05) is 5.32 Å². The fourth-order valence-corrected chi connectivity index (χ4v) is 14.8. The number of hydrogen-bond donors (Lipinski definition) is 1. The van der Waals surface area contributed by atoms with E-state index < -0.39 is 0 Å². The molecule has 0 radical (unpaired) electrons. The summed E-state index contributed by atoms with van der Waals surface area (Å²) < 4.78 is 2.63. The molecule has 0 spiro atoms. The number of fused-ring (bicyclic) bond motifs is 20. The number of para-hydroxylation sites is 1. The highest BCUT2D eigenvalue weighted by Gasteiger charge is 2.47. The van der Waals surface area contributed by atoms with Crippen LogP contribution < -0.4 is 5.32 Å². The molecule has 3 heteroatoms. The second kappa shape index (κ2) is 13.8. The van der Waals surface area contributed by atoms with Crippen LogP contribution in [-0.4, -0.2) is 10.3 Å². The van der Waals surface area contributed by atoms with Crippen molar-refractivity contribution >= 4 is 55.6 Å². The van der Waals surface area contributed by atoms with Gasteiger partial charge in [0, 0.05) is 50.0 Å². The maximum Gasteiger partial charge on any atom is 0.145 e. The summed E-state index contributed by atoms with van der Waals surface area (Å²) in [7, 11) is 0. The first kappa shape index (κ1) is 38.5. The first-order valence-corrected chi connectivity index (χ1v) is 25.5. The Morgan fingerprint density at radius 2 is 1.36 bits per heavy atom. The van der Waals surface area contributed by atoms with Crippen LogP contribution in [-0.2, 0) is 6.42 Å². The van der Waals surface area contributed by atoms with Gasteiger partial charge < -0.3 is 9.88 Å². The molecule has 7 aliphatic rings. The predicted molar refractivity (Wildman–Crippen MR) is 287 cm³/mol. The summed E-state index contributed by atoms with van der Waals surface area (Å²) >= 11 is 0. The zero-order chi connectivity index (χ0) is 45.3. The molecule has 1 N–H and O–H groups in total. The molecule has 9 aromatic rings. The van der Waals surface area contributed by atoms with Crippen molar-refractivity contribution in [3.05, 3.63) is 226 Å². The fourth-order valence-electron chi connectivity index (χ4n) is 14.8. The number of hydrogen-bond acceptors (Lipinski definition) is 2. The number of aryl methyl sites for hydroxylation is 1. The lowest BCUT2D eigenvalue weighted by molar-refractivity contribution is 0.280. The van der Waals surface area contributed by atoms with Crippen molar-refractivity contribution in [2.45, 2.75) is 69.9 Å². The monoisotopic (exact) mass is 885 g/mol. The molecule has 2 heterocycles. The third-order valence-electron chi connectivity index (χ3n) is 18.0. The van der Waals surface area contributed by atoms with Crippen molar-refractivity contribution in [3.63, 3.8) is 0 Å². The Morgan fingerprint density at radius 3 is 2.22 bits per heavy atom. The van der Waals surface area contributed by atoms with Crippen LogP contribution in [0.3, 0.4) is 0 Å². The zero-order valence-corrected chi connectivity index (χ0v) is 39.1. The average Bonchev–Trinajstić information content (AvgIpc) is 3.93. The van der Waals surface area contributed by atoms with Crippen molar-refractivity contribution in [1.29, 1.82) is 0 Å². The van der Waals surface area contributed by atoms with Crippen molar-refractivity contribution < 1.29 is 0 Å². The zero-order valence-electron chi connectivity index (χ0n) is 39.1. The molecule has 6 aliphatic carbocycles. The lowest BCUT2D eigenvalue weighted by Gasteiger charge is -2.48. The van der Waals surface area contributed by atoms with E-state index in [1.807, 2.05) is 0 Å². The molecular formula is C66H51N3. The first-order valence-electron chi connectivity index (χ1n) is 25.5. The summed E-state index contributed by atoms with van der Waals surface area (Å²) in [5, 5.41) is 9.31. The highest BCUT2D eigenvalue weighted by atomic mass is 15.1. The van der Waals surface area contributed by atoms with Gasteiger partial charge in [-0.2, -0.15) is 0 Å². The van der Waals surface area contributed by atoms with Crippen molar-refractivity contribution in [1.82, 2.24) is 4.57 Å². The lowest BCUT2D eigenvalue weighted by Crippen LogP contribution is -2.38. The van der Waals surface area contributed by atoms with Crippen molar-refractivity contribution in [2.24, 2.45) is 16.3 Å². The minimum absolute atomic E-state index is 0.214. The number of allylic oxidation sites excluding steroid dienone is 5. The Labute approximate surface area is 403 Å². The maximum atomic E-state index is 5.75. The Kier molecular flexibility index (Phi) is 7.71. The number of aromatic nitrogens is 1. The molecule has 1 aliphatic heterocycles. The maximum absolute atomic E-state index is 5.75. The van der Waals surface area contributed by atoms with Crippen LogP contribution in [0.5, 0.6) is 0 Å². The second-order valence-corrected chi connectivity index (χ2v) is 21.4. The molecule has 8 aromatic carbocycles. The summed E-state index contributed by atoms with van der Waals surface area (Å²) in [5.41, 5.74) is 27.3. The van der Waals surface area contributed by atoms with Gasteiger partial charge in [-0.3, -0.25) is 4.99 Å². The van der Waals surface area contributed by atoms with Gasteiger partial charge in [0.1, 0.15) is 6.17 Å². The van der Waals surface area contributed by atoms with Crippen LogP contribution in [0.15, 0.2) is 180 Å². The van der Waals surface area contributed by atoms with E-state index in [0.29, 0.717) is 17.8 Å². The van der Waals surface area contributed by atoms with E-state index in [0.717, 1.165) is 24.9 Å². The summed E-state index contributed by atoms with van der Waals surface area (Å²) in [5.74, 6) is 1.92. The molecule has 1 fully saturated rings. The topological polar surface area (TPSA) is 29.3 Å². The Morgan fingerprint density at radius 1 is 0.623 bits per heavy atom. The normalized spacial score (nSPS) is 24.0. The van der Waals surface area contributed by atoms with E-state index in [1.165, 1.54) is 129 Å². The standard InChI is InChI=1S/C66H51N3/c1-37-41-15-5-6-17-43(41)49-23-13-24-53-58(49)57(37)59-50-20-9-10-21-51(50)63-61(60(53)59)54-31-28-38-14-3-4-16-42(38)62(54)69(63)40-29-26-39(27-30-40)65-67-56-25-12-11-22-52(56)64(68-65)66(2)35-34-48-45-19-8-7-18-44(45)46-32-33-47(46)55(48)36-66/h4-13,15-31,34-35,37,46-47,57,65,67H,3,14,32-33,36H2,1-2H3. The van der Waals surface area contributed by atoms with Gasteiger partial charge in [-0.1, -0.05) is 177 Å². The molecule has 0 saturated heterocycles. The third kappa shape index (κ3) is 5.05. The van der Waals surface area contributed by atoms with E-state index in [9.17, 15) is 0 Å². The van der Waals surface area contributed by atoms with Crippen LogP contribution in [0.2, 0.25) is 0 Å². The van der Waals surface area contributed by atoms with Gasteiger partial charge in [-0.25, -0.2) is 0 Å². The van der Waals surface area contributed by atoms with Gasteiger partial charge in [-0.15, -0.1) is 0 Å². The smallest absolute Gasteiger partial charge is 0.145 e. The molecule has 3 nitrogen and oxygen atoms in total. The van der Waals surface area contributed by atoms with Crippen LogP contribution in [0.1, 0.15) is 114 Å². The van der Waals surface area contributed by atoms with Crippen LogP contribution >= 0.6 is 0 Å². The Bertz CT molecular complexity index is 3910. The van der Waals surface area contributed by atoms with Crippen LogP contribution in [0.4, 0.5) is 5.69 Å². The summed E-state index contributed by atoms with van der Waals surface area (Å²) in [6.45, 7) is 4.90. The molecule has 0 amide bonds. The SMILES string of the molecule is CC1c2ccccc2-c2cccc3c2C1c1c-3c2c3ccc4c(c3n(-c3ccc(C5N=C(C6(C)C=CC7=C(C6)C6CCC6c6ccccc67)c6ccccc6N5)cc3)c2c2ccccc12)C=CCC4. The van der Waals surface area contributed by atoms with Gasteiger partial charge in [0.15, 0.2) is 0 Å². The number of rotatable bonds is 3. The molecule has 1 saturated carbocycles. The summed E-state index contributed by atoms with van der Waals surface area (Å²) in [4.78, 5) is 5.75. The van der Waals surface area contributed by atoms with E-state index in [4.69, 9.17) is 4.99 Å².